The van der Waals surface area contributed by atoms with Gasteiger partial charge < -0.3 is 10.1 Å². The van der Waals surface area contributed by atoms with Crippen LogP contribution >= 0.6 is 0 Å². The molecule has 3 heteroatoms. The van der Waals surface area contributed by atoms with E-state index in [9.17, 15) is 0 Å². The van der Waals surface area contributed by atoms with Crippen molar-refractivity contribution >= 4 is 10.9 Å². The van der Waals surface area contributed by atoms with E-state index in [0.717, 1.165) is 43.8 Å². The van der Waals surface area contributed by atoms with Crippen LogP contribution in [0.3, 0.4) is 0 Å². The van der Waals surface area contributed by atoms with E-state index >= 15 is 0 Å². The molecule has 1 saturated heterocycles. The summed E-state index contributed by atoms with van der Waals surface area (Å²) in [6, 6.07) is 28.8. The number of ether oxygens (including phenoxy) is 1. The predicted molar refractivity (Wildman–Crippen MR) is 128 cm³/mol. The number of benzene rings is 3. The van der Waals surface area contributed by atoms with Gasteiger partial charge in [-0.05, 0) is 71.8 Å². The van der Waals surface area contributed by atoms with Gasteiger partial charge in [-0.15, -0.1) is 0 Å². The molecule has 0 bridgehead atoms. The average molecular weight is 409 g/mol. The highest BCUT2D eigenvalue weighted by Crippen LogP contribution is 2.32. The first-order chi connectivity index (χ1) is 15.3. The second-order valence-electron chi connectivity index (χ2n) is 8.38. The van der Waals surface area contributed by atoms with Crippen molar-refractivity contribution in [3.63, 3.8) is 0 Å². The molecule has 0 atom stereocenters. The SMILES string of the molecule is Cc1cc(-c2cccc(-c3ccccc3)c2)c2cc(CNC3CCOCC3)ccc2n1. The third-order valence-electron chi connectivity index (χ3n) is 6.10. The molecular weight excluding hydrogens is 380 g/mol. The Balaban J connectivity index is 1.50. The van der Waals surface area contributed by atoms with Crippen LogP contribution < -0.4 is 5.32 Å². The van der Waals surface area contributed by atoms with Crippen LogP contribution in [0.15, 0.2) is 78.9 Å². The van der Waals surface area contributed by atoms with Gasteiger partial charge >= 0.3 is 0 Å². The lowest BCUT2D eigenvalue weighted by molar-refractivity contribution is 0.0776. The Hall–Kier alpha value is -3.01. The fraction of sp³-hybridized carbons (Fsp3) is 0.250. The van der Waals surface area contributed by atoms with Crippen LogP contribution in [0.5, 0.6) is 0 Å². The number of nitrogens with zero attached hydrogens (tertiary/aromatic N) is 1. The summed E-state index contributed by atoms with van der Waals surface area (Å²) in [4.78, 5) is 4.80. The topological polar surface area (TPSA) is 34.1 Å². The van der Waals surface area contributed by atoms with Crippen molar-refractivity contribution in [2.45, 2.75) is 32.4 Å². The molecule has 3 nitrogen and oxygen atoms in total. The number of nitrogens with one attached hydrogen (secondary N) is 1. The van der Waals surface area contributed by atoms with Crippen LogP contribution in [0.4, 0.5) is 0 Å². The van der Waals surface area contributed by atoms with Gasteiger partial charge in [0.1, 0.15) is 0 Å². The van der Waals surface area contributed by atoms with Crippen LogP contribution in [-0.4, -0.2) is 24.2 Å². The number of aromatic nitrogens is 1. The van der Waals surface area contributed by atoms with Crippen LogP contribution in [-0.2, 0) is 11.3 Å². The second-order valence-corrected chi connectivity index (χ2v) is 8.38. The van der Waals surface area contributed by atoms with E-state index in [1.165, 1.54) is 33.2 Å². The molecule has 5 rings (SSSR count). The first-order valence-electron chi connectivity index (χ1n) is 11.1. The van der Waals surface area contributed by atoms with Crippen LogP contribution in [0.2, 0.25) is 0 Å². The number of hydrogen-bond acceptors (Lipinski definition) is 3. The molecule has 0 amide bonds. The van der Waals surface area contributed by atoms with E-state index in [2.05, 4.69) is 91.1 Å². The molecule has 0 aliphatic carbocycles. The molecule has 3 aromatic carbocycles. The number of aryl methyl sites for hydroxylation is 1. The van der Waals surface area contributed by atoms with E-state index in [4.69, 9.17) is 9.72 Å². The lowest BCUT2D eigenvalue weighted by Gasteiger charge is -2.23. The maximum atomic E-state index is 5.48. The Kier molecular flexibility index (Phi) is 5.79. The van der Waals surface area contributed by atoms with Gasteiger partial charge in [-0.3, -0.25) is 4.98 Å². The van der Waals surface area contributed by atoms with E-state index < -0.39 is 0 Å². The number of pyridine rings is 1. The quantitative estimate of drug-likeness (QED) is 0.430. The highest BCUT2D eigenvalue weighted by Gasteiger charge is 2.14. The molecule has 1 aromatic heterocycles. The summed E-state index contributed by atoms with van der Waals surface area (Å²) < 4.78 is 5.48. The van der Waals surface area contributed by atoms with Crippen LogP contribution in [0, 0.1) is 6.92 Å². The maximum Gasteiger partial charge on any atom is 0.0711 e. The molecule has 1 N–H and O–H groups in total. The maximum absolute atomic E-state index is 5.48. The van der Waals surface area contributed by atoms with Gasteiger partial charge in [0.15, 0.2) is 0 Å². The Morgan fingerprint density at radius 1 is 0.839 bits per heavy atom. The van der Waals surface area contributed by atoms with Crippen LogP contribution in [0.1, 0.15) is 24.1 Å². The Morgan fingerprint density at radius 3 is 2.45 bits per heavy atom. The fourth-order valence-electron chi connectivity index (χ4n) is 4.41. The summed E-state index contributed by atoms with van der Waals surface area (Å²) in [7, 11) is 0. The number of rotatable bonds is 5. The molecule has 1 fully saturated rings. The van der Waals surface area contributed by atoms with E-state index in [1.54, 1.807) is 0 Å². The Labute approximate surface area is 184 Å². The van der Waals surface area contributed by atoms with Crippen LogP contribution in [0.25, 0.3) is 33.2 Å². The Morgan fingerprint density at radius 2 is 1.61 bits per heavy atom. The molecule has 2 heterocycles. The van der Waals surface area contributed by atoms with Crippen molar-refractivity contribution in [2.24, 2.45) is 0 Å². The number of hydrogen-bond donors (Lipinski definition) is 1. The molecule has 31 heavy (non-hydrogen) atoms. The number of fused-ring (bicyclic) bond motifs is 1. The third kappa shape index (κ3) is 4.53. The van der Waals surface area contributed by atoms with Crippen molar-refractivity contribution in [1.82, 2.24) is 10.3 Å². The predicted octanol–water partition coefficient (Wildman–Crippen LogP) is 6.15. The summed E-state index contributed by atoms with van der Waals surface area (Å²) in [5.74, 6) is 0. The largest absolute Gasteiger partial charge is 0.381 e. The minimum atomic E-state index is 0.544. The molecule has 0 saturated carbocycles. The minimum Gasteiger partial charge on any atom is -0.381 e. The fourth-order valence-corrected chi connectivity index (χ4v) is 4.41. The third-order valence-corrected chi connectivity index (χ3v) is 6.10. The van der Waals surface area contributed by atoms with Crippen molar-refractivity contribution in [3.8, 4) is 22.3 Å². The second kappa shape index (κ2) is 9.01. The van der Waals surface area contributed by atoms with Crippen molar-refractivity contribution < 1.29 is 4.74 Å². The highest BCUT2D eigenvalue weighted by molar-refractivity contribution is 5.95. The van der Waals surface area contributed by atoms with Gasteiger partial charge in [0, 0.05) is 36.9 Å². The first kappa shape index (κ1) is 19.9. The van der Waals surface area contributed by atoms with Gasteiger partial charge in [0.05, 0.1) is 5.52 Å². The van der Waals surface area contributed by atoms with Crippen molar-refractivity contribution in [3.05, 3.63) is 90.1 Å². The highest BCUT2D eigenvalue weighted by atomic mass is 16.5. The minimum absolute atomic E-state index is 0.544. The lowest BCUT2D eigenvalue weighted by atomic mass is 9.95. The van der Waals surface area contributed by atoms with E-state index in [0.29, 0.717) is 6.04 Å². The van der Waals surface area contributed by atoms with Gasteiger partial charge in [0.2, 0.25) is 0 Å². The van der Waals surface area contributed by atoms with Gasteiger partial charge in [-0.2, -0.15) is 0 Å². The molecule has 0 spiro atoms. The summed E-state index contributed by atoms with van der Waals surface area (Å²) >= 11 is 0. The van der Waals surface area contributed by atoms with E-state index in [1.807, 2.05) is 0 Å². The van der Waals surface area contributed by atoms with Gasteiger partial charge in [-0.25, -0.2) is 0 Å². The zero-order valence-corrected chi connectivity index (χ0v) is 18.0. The average Bonchev–Trinajstić information content (AvgIpc) is 2.83. The van der Waals surface area contributed by atoms with Gasteiger partial charge in [-0.1, -0.05) is 54.6 Å². The van der Waals surface area contributed by atoms with Crippen molar-refractivity contribution in [1.29, 1.82) is 0 Å². The normalized spacial score (nSPS) is 14.7. The molecule has 4 aromatic rings. The smallest absolute Gasteiger partial charge is 0.0711 e. The zero-order chi connectivity index (χ0) is 21.0. The zero-order valence-electron chi connectivity index (χ0n) is 18.0. The summed E-state index contributed by atoms with van der Waals surface area (Å²) in [5.41, 5.74) is 8.33. The van der Waals surface area contributed by atoms with Gasteiger partial charge in [0.25, 0.3) is 0 Å². The summed E-state index contributed by atoms with van der Waals surface area (Å²) in [5, 5.41) is 4.91. The standard InChI is InChI=1S/C28H28N2O/c1-20-16-26(24-9-5-8-23(18-24)22-6-3-2-4-7-22)27-17-21(10-11-28(27)30-20)19-29-25-12-14-31-15-13-25/h2-11,16-18,25,29H,12-15,19H2,1H3. The summed E-state index contributed by atoms with van der Waals surface area (Å²) in [6.07, 6.45) is 2.18. The molecule has 0 unspecified atom stereocenters. The molecular formula is C28H28N2O. The monoisotopic (exact) mass is 408 g/mol. The Bertz CT molecular complexity index is 1180. The lowest BCUT2D eigenvalue weighted by Crippen LogP contribution is -2.34. The molecule has 0 radical (unpaired) electrons. The first-order valence-corrected chi connectivity index (χ1v) is 11.1. The van der Waals surface area contributed by atoms with Crippen molar-refractivity contribution in [2.75, 3.05) is 13.2 Å². The van der Waals surface area contributed by atoms with E-state index in [-0.39, 0.29) is 0 Å². The molecule has 156 valence electrons. The molecule has 1 aliphatic heterocycles. The summed E-state index contributed by atoms with van der Waals surface area (Å²) in [6.45, 7) is 4.67. The molecule has 1 aliphatic rings.